The fourth-order valence-corrected chi connectivity index (χ4v) is 2.26. The lowest BCUT2D eigenvalue weighted by molar-refractivity contribution is -0.393. The monoisotopic (exact) mass is 332 g/mol. The van der Waals surface area contributed by atoms with E-state index in [1.807, 2.05) is 0 Å². The van der Waals surface area contributed by atoms with Crippen LogP contribution in [0.4, 0.5) is 5.69 Å². The molecule has 0 aromatic heterocycles. The zero-order chi connectivity index (χ0) is 18.0. The van der Waals surface area contributed by atoms with Gasteiger partial charge in [-0.15, -0.1) is 10.1 Å². The van der Waals surface area contributed by atoms with Crippen LogP contribution in [0.1, 0.15) is 19.8 Å². The van der Waals surface area contributed by atoms with Crippen LogP contribution in [0.5, 0.6) is 0 Å². The third-order valence-electron chi connectivity index (χ3n) is 3.48. The Hall–Kier alpha value is -2.84. The Bertz CT molecular complexity index is 742. The number of imide groups is 2. The van der Waals surface area contributed by atoms with Crippen LogP contribution in [0.25, 0.3) is 0 Å². The van der Waals surface area contributed by atoms with E-state index in [0.717, 1.165) is 10.5 Å². The van der Waals surface area contributed by atoms with E-state index in [1.54, 1.807) is 24.3 Å². The number of carbonyl (C=O) groups excluding carboxylic acids is 4. The van der Waals surface area contributed by atoms with Gasteiger partial charge in [0.25, 0.3) is 23.6 Å². The van der Waals surface area contributed by atoms with E-state index < -0.39 is 18.2 Å². The molecule has 2 aliphatic rings. The van der Waals surface area contributed by atoms with Crippen molar-refractivity contribution in [2.45, 2.75) is 19.2 Å². The van der Waals surface area contributed by atoms with Crippen molar-refractivity contribution in [1.82, 2.24) is 5.06 Å². The molecule has 2 heterocycles. The van der Waals surface area contributed by atoms with Crippen molar-refractivity contribution < 1.29 is 30.4 Å². The van der Waals surface area contributed by atoms with Crippen molar-refractivity contribution in [1.29, 1.82) is 0 Å². The number of hydrogen-bond acceptors (Lipinski definition) is 6. The third-order valence-corrected chi connectivity index (χ3v) is 3.48. The molecule has 4 amide bonds. The van der Waals surface area contributed by atoms with Crippen LogP contribution in [0.15, 0.2) is 36.4 Å². The van der Waals surface area contributed by atoms with Crippen LogP contribution >= 0.6 is 0 Å². The molecule has 0 saturated carbocycles. The molecule has 0 spiro atoms. The van der Waals surface area contributed by atoms with Gasteiger partial charge in [-0.1, -0.05) is 12.1 Å². The zero-order valence-corrected chi connectivity index (χ0v) is 12.5. The Morgan fingerprint density at radius 3 is 2.25 bits per heavy atom. The van der Waals surface area contributed by atoms with E-state index >= 15 is 0 Å². The number of anilines is 1. The number of hydroxylamine groups is 2. The van der Waals surface area contributed by atoms with Crippen molar-refractivity contribution in [3.8, 4) is 0 Å². The number of carbonyl (C=O) groups is 4. The quantitative estimate of drug-likeness (QED) is 0.329. The van der Waals surface area contributed by atoms with E-state index in [1.165, 1.54) is 12.2 Å². The largest absolute Gasteiger partial charge is 0.272 e. The zero-order valence-electron chi connectivity index (χ0n) is 13.5. The summed E-state index contributed by atoms with van der Waals surface area (Å²) in [4.78, 5) is 56.6. The second-order valence-electron chi connectivity index (χ2n) is 5.09. The normalized spacial score (nSPS) is 21.2. The third kappa shape index (κ3) is 3.24. The maximum Gasteiger partial charge on any atom is 0.258 e. The minimum Gasteiger partial charge on any atom is -0.272 e. The first kappa shape index (κ1) is 14.7. The lowest BCUT2D eigenvalue weighted by Gasteiger charge is -2.14. The topological polar surface area (TPSA) is 93.2 Å². The molecule has 2 aliphatic heterocycles. The van der Waals surface area contributed by atoms with E-state index in [9.17, 15) is 19.2 Å². The minimum atomic E-state index is -1.14. The second-order valence-corrected chi connectivity index (χ2v) is 5.09. The molecule has 1 aromatic rings. The SMILES string of the molecule is [3H]C1CC(=O)N(OOCCc2ccc(N3C(=O)C=CC3=O)cc2)C1=O. The second kappa shape index (κ2) is 6.73. The molecule has 0 N–H and O–H groups in total. The first-order valence-electron chi connectivity index (χ1n) is 7.79. The molecule has 8 heteroatoms. The Balaban J connectivity index is 1.48. The summed E-state index contributed by atoms with van der Waals surface area (Å²) in [5.74, 6) is -2.13. The van der Waals surface area contributed by atoms with Gasteiger partial charge in [0, 0.05) is 26.3 Å². The fourth-order valence-electron chi connectivity index (χ4n) is 2.26. The summed E-state index contributed by atoms with van der Waals surface area (Å²) < 4.78 is 7.33. The first-order valence-corrected chi connectivity index (χ1v) is 7.21. The highest BCUT2D eigenvalue weighted by Crippen LogP contribution is 2.19. The number of nitrogens with zero attached hydrogens (tertiary/aromatic N) is 2. The number of hydrogen-bond donors (Lipinski definition) is 0. The van der Waals surface area contributed by atoms with Crippen molar-refractivity contribution in [3.05, 3.63) is 42.0 Å². The van der Waals surface area contributed by atoms with Crippen LogP contribution in [0.2, 0.25) is 0 Å². The van der Waals surface area contributed by atoms with Gasteiger partial charge in [0.2, 0.25) is 0 Å². The van der Waals surface area contributed by atoms with Gasteiger partial charge in [0.15, 0.2) is 0 Å². The molecule has 8 nitrogen and oxygen atoms in total. The Labute approximate surface area is 138 Å². The lowest BCUT2D eigenvalue weighted by atomic mass is 10.1. The smallest absolute Gasteiger partial charge is 0.258 e. The molecule has 3 rings (SSSR count). The average Bonchev–Trinajstić information content (AvgIpc) is 3.04. The number of amides is 4. The molecule has 1 unspecified atom stereocenters. The molecule has 1 atom stereocenters. The number of benzene rings is 1. The molecule has 1 aromatic carbocycles. The molecule has 1 fully saturated rings. The number of rotatable bonds is 6. The molecule has 0 bridgehead atoms. The predicted molar refractivity (Wildman–Crippen MR) is 79.9 cm³/mol. The van der Waals surface area contributed by atoms with Crippen LogP contribution in [-0.2, 0) is 35.5 Å². The summed E-state index contributed by atoms with van der Waals surface area (Å²) >= 11 is 0. The van der Waals surface area contributed by atoms with Crippen LogP contribution < -0.4 is 4.90 Å². The summed E-state index contributed by atoms with van der Waals surface area (Å²) in [5, 5.41) is 0.457. The maximum atomic E-state index is 11.6. The highest BCUT2D eigenvalue weighted by atomic mass is 17.3. The fraction of sp³-hybridized carbons (Fsp3) is 0.250. The standard InChI is InChI=1S/C16H14N2O6/c19-13-5-6-14(20)17(13)12-3-1-11(2-4-12)9-10-23-24-18-15(21)7-8-16(18)22/h1-6H,7-10H2/i7T. The molecule has 124 valence electrons. The van der Waals surface area contributed by atoms with E-state index in [2.05, 4.69) is 4.99 Å². The van der Waals surface area contributed by atoms with Gasteiger partial charge in [0.1, 0.15) is 0 Å². The lowest BCUT2D eigenvalue weighted by Crippen LogP contribution is -2.29. The van der Waals surface area contributed by atoms with Gasteiger partial charge in [-0.25, -0.2) is 9.79 Å². The summed E-state index contributed by atoms with van der Waals surface area (Å²) in [6, 6.07) is 6.72. The Morgan fingerprint density at radius 2 is 1.67 bits per heavy atom. The average molecular weight is 332 g/mol. The summed E-state index contributed by atoms with van der Waals surface area (Å²) in [7, 11) is 0. The van der Waals surface area contributed by atoms with Crippen molar-refractivity contribution in [2.24, 2.45) is 0 Å². The van der Waals surface area contributed by atoms with Gasteiger partial charge in [0.05, 0.1) is 12.3 Å². The first-order chi connectivity index (χ1) is 12.0. The van der Waals surface area contributed by atoms with E-state index in [4.69, 9.17) is 6.26 Å². The van der Waals surface area contributed by atoms with Crippen LogP contribution in [0, 0.1) is 0 Å². The van der Waals surface area contributed by atoms with Gasteiger partial charge in [-0.3, -0.25) is 19.2 Å². The Kier molecular flexibility index (Phi) is 4.13. The highest BCUT2D eigenvalue weighted by molar-refractivity contribution is 6.28. The minimum absolute atomic E-state index is 0.0716. The highest BCUT2D eigenvalue weighted by Gasteiger charge is 2.31. The van der Waals surface area contributed by atoms with Crippen LogP contribution in [-0.4, -0.2) is 35.3 Å². The van der Waals surface area contributed by atoms with Crippen molar-refractivity contribution in [2.75, 3.05) is 11.5 Å². The van der Waals surface area contributed by atoms with Gasteiger partial charge >= 0.3 is 0 Å². The van der Waals surface area contributed by atoms with Gasteiger partial charge in [-0.2, -0.15) is 0 Å². The van der Waals surface area contributed by atoms with E-state index in [-0.39, 0.29) is 24.8 Å². The van der Waals surface area contributed by atoms with Crippen molar-refractivity contribution in [3.63, 3.8) is 0 Å². The molecule has 1 saturated heterocycles. The van der Waals surface area contributed by atoms with E-state index in [0.29, 0.717) is 17.2 Å². The molecule has 0 aliphatic carbocycles. The van der Waals surface area contributed by atoms with Crippen molar-refractivity contribution >= 4 is 29.3 Å². The van der Waals surface area contributed by atoms with Gasteiger partial charge < -0.3 is 0 Å². The maximum absolute atomic E-state index is 11.6. The summed E-state index contributed by atoms with van der Waals surface area (Å²) in [5.41, 5.74) is 1.31. The molecule has 0 radical (unpaired) electrons. The summed E-state index contributed by atoms with van der Waals surface area (Å²) in [6.45, 7) is 0.0716. The Morgan fingerprint density at radius 1 is 1.00 bits per heavy atom. The molecular weight excluding hydrogens is 316 g/mol. The predicted octanol–water partition coefficient (Wildman–Crippen LogP) is 0.671. The molecule has 24 heavy (non-hydrogen) atoms. The van der Waals surface area contributed by atoms with Crippen LogP contribution in [0.3, 0.4) is 0 Å². The summed E-state index contributed by atoms with van der Waals surface area (Å²) in [6.07, 6.45) is 1.48. The van der Waals surface area contributed by atoms with Gasteiger partial charge in [-0.05, 0) is 24.1 Å². The molecular formula is C16H14N2O6.